The fraction of sp³-hybridized carbons (Fsp3) is 0.840. The van der Waals surface area contributed by atoms with E-state index in [1.165, 1.54) is 38.5 Å². The van der Waals surface area contributed by atoms with Crippen molar-refractivity contribution in [1.29, 1.82) is 0 Å². The van der Waals surface area contributed by atoms with Gasteiger partial charge in [0.1, 0.15) is 0 Å². The number of rotatable bonds is 7. The van der Waals surface area contributed by atoms with Crippen molar-refractivity contribution in [2.75, 3.05) is 6.61 Å². The number of carbonyl (C=O) groups is 2. The number of hydrogen-bond donors (Lipinski definition) is 1. The predicted molar refractivity (Wildman–Crippen MR) is 112 cm³/mol. The fourth-order valence-corrected chi connectivity index (χ4v) is 7.64. The molecule has 4 heteroatoms. The second kappa shape index (κ2) is 8.17. The molecule has 0 radical (unpaired) electrons. The summed E-state index contributed by atoms with van der Waals surface area (Å²) in [5, 5.41) is 8.75. The van der Waals surface area contributed by atoms with Crippen molar-refractivity contribution >= 4 is 11.8 Å². The Balaban J connectivity index is 1.37. The Labute approximate surface area is 175 Å². The van der Waals surface area contributed by atoms with Crippen molar-refractivity contribution in [2.45, 2.75) is 90.6 Å². The number of hydrogen-bond acceptors (Lipinski definition) is 3. The highest BCUT2D eigenvalue weighted by Gasteiger charge is 2.59. The summed E-state index contributed by atoms with van der Waals surface area (Å²) in [4.78, 5) is 22.6. The van der Waals surface area contributed by atoms with Crippen LogP contribution in [-0.4, -0.2) is 29.6 Å². The van der Waals surface area contributed by atoms with Gasteiger partial charge in [0.2, 0.25) is 0 Å². The first-order chi connectivity index (χ1) is 13.8. The van der Waals surface area contributed by atoms with Gasteiger partial charge in [-0.3, -0.25) is 9.59 Å². The minimum Gasteiger partial charge on any atom is -0.481 e. The molecule has 0 aromatic rings. The highest BCUT2D eigenvalue weighted by Crippen LogP contribution is 2.65. The lowest BCUT2D eigenvalue weighted by molar-refractivity contribution is -0.137. The third-order valence-electron chi connectivity index (χ3n) is 9.31. The number of unbranched alkanes of at least 4 members (excludes halogenated alkanes) is 2. The second-order valence-electron chi connectivity index (χ2n) is 10.7. The zero-order chi connectivity index (χ0) is 20.6. The summed E-state index contributed by atoms with van der Waals surface area (Å²) >= 11 is 0. The fourth-order valence-electron chi connectivity index (χ4n) is 7.64. The van der Waals surface area contributed by atoms with Crippen LogP contribution in [-0.2, 0) is 14.3 Å². The van der Waals surface area contributed by atoms with Crippen LogP contribution < -0.4 is 0 Å². The molecule has 3 saturated carbocycles. The van der Waals surface area contributed by atoms with Crippen LogP contribution in [0.25, 0.3) is 0 Å². The summed E-state index contributed by atoms with van der Waals surface area (Å²) in [6.45, 7) is 5.68. The summed E-state index contributed by atoms with van der Waals surface area (Å²) in [5.74, 6) is 2.42. The summed E-state index contributed by atoms with van der Waals surface area (Å²) in [5.41, 5.74) is 0.501. The molecule has 0 spiro atoms. The number of carboxylic acids is 1. The Hall–Kier alpha value is -1.16. The average Bonchev–Trinajstić information content (AvgIpc) is 3.01. The van der Waals surface area contributed by atoms with Crippen molar-refractivity contribution in [3.8, 4) is 0 Å². The van der Waals surface area contributed by atoms with Crippen molar-refractivity contribution in [3.05, 3.63) is 12.2 Å². The van der Waals surface area contributed by atoms with Crippen LogP contribution >= 0.6 is 0 Å². The highest BCUT2D eigenvalue weighted by atomic mass is 16.5. The molecule has 0 saturated heterocycles. The zero-order valence-corrected chi connectivity index (χ0v) is 18.2. The molecule has 162 valence electrons. The Morgan fingerprint density at radius 2 is 1.93 bits per heavy atom. The van der Waals surface area contributed by atoms with Crippen LogP contribution in [0.2, 0.25) is 0 Å². The Bertz CT molecular complexity index is 670. The molecule has 3 fully saturated rings. The van der Waals surface area contributed by atoms with E-state index in [4.69, 9.17) is 9.84 Å². The Morgan fingerprint density at radius 1 is 1.10 bits per heavy atom. The minimum absolute atomic E-state index is 0.210. The number of carboxylic acid groups (broad SMARTS) is 1. The van der Waals surface area contributed by atoms with Gasteiger partial charge < -0.3 is 9.84 Å². The van der Waals surface area contributed by atoms with Gasteiger partial charge >= 0.3 is 5.97 Å². The number of aliphatic carboxylic acids is 1. The van der Waals surface area contributed by atoms with Crippen molar-refractivity contribution in [1.82, 2.24) is 0 Å². The van der Waals surface area contributed by atoms with Gasteiger partial charge in [-0.2, -0.15) is 0 Å². The molecule has 0 heterocycles. The summed E-state index contributed by atoms with van der Waals surface area (Å²) in [6.07, 6.45) is 15.7. The van der Waals surface area contributed by atoms with Crippen LogP contribution in [0.15, 0.2) is 12.2 Å². The average molecular weight is 403 g/mol. The van der Waals surface area contributed by atoms with Gasteiger partial charge in [-0.25, -0.2) is 0 Å². The molecule has 0 aliphatic heterocycles. The van der Waals surface area contributed by atoms with E-state index in [9.17, 15) is 9.59 Å². The molecule has 29 heavy (non-hydrogen) atoms. The molecule has 0 amide bonds. The Kier molecular flexibility index (Phi) is 5.94. The number of ketones is 1. The van der Waals surface area contributed by atoms with Gasteiger partial charge in [0.25, 0.3) is 0 Å². The molecule has 4 rings (SSSR count). The maximum Gasteiger partial charge on any atom is 0.303 e. The van der Waals surface area contributed by atoms with E-state index in [-0.39, 0.29) is 11.8 Å². The minimum atomic E-state index is -0.700. The quantitative estimate of drug-likeness (QED) is 0.579. The van der Waals surface area contributed by atoms with Gasteiger partial charge in [-0.1, -0.05) is 26.3 Å². The lowest BCUT2D eigenvalue weighted by atomic mass is 9.46. The van der Waals surface area contributed by atoms with Crippen LogP contribution in [0.4, 0.5) is 0 Å². The molecule has 7 atom stereocenters. The van der Waals surface area contributed by atoms with Gasteiger partial charge in [0.05, 0.1) is 6.10 Å². The van der Waals surface area contributed by atoms with E-state index < -0.39 is 5.97 Å². The molecule has 4 nitrogen and oxygen atoms in total. The second-order valence-corrected chi connectivity index (χ2v) is 10.7. The monoisotopic (exact) mass is 402 g/mol. The summed E-state index contributed by atoms with van der Waals surface area (Å²) in [7, 11) is 0. The maximum absolute atomic E-state index is 12.0. The Morgan fingerprint density at radius 3 is 2.72 bits per heavy atom. The normalized spacial score (nSPS) is 43.5. The topological polar surface area (TPSA) is 63.6 Å². The largest absolute Gasteiger partial charge is 0.481 e. The smallest absolute Gasteiger partial charge is 0.303 e. The number of allylic oxidation sites excluding steroid dienone is 2. The first-order valence-corrected chi connectivity index (χ1v) is 11.9. The van der Waals surface area contributed by atoms with E-state index in [1.807, 2.05) is 6.08 Å². The molecule has 1 N–H and O–H groups in total. The van der Waals surface area contributed by atoms with E-state index in [0.29, 0.717) is 23.2 Å². The van der Waals surface area contributed by atoms with E-state index in [1.54, 1.807) is 0 Å². The van der Waals surface area contributed by atoms with E-state index >= 15 is 0 Å². The van der Waals surface area contributed by atoms with Crippen molar-refractivity contribution in [3.63, 3.8) is 0 Å². The molecule has 4 aliphatic rings. The molecule has 0 aromatic heterocycles. The lowest BCUT2D eigenvalue weighted by Gasteiger charge is -2.58. The van der Waals surface area contributed by atoms with Gasteiger partial charge in [0.15, 0.2) is 5.78 Å². The van der Waals surface area contributed by atoms with Gasteiger partial charge in [-0.15, -0.1) is 0 Å². The number of carbonyl (C=O) groups excluding carboxylic acids is 1. The molecule has 4 aliphatic carbocycles. The number of fused-ring (bicyclic) bond motifs is 5. The highest BCUT2D eigenvalue weighted by molar-refractivity contribution is 5.91. The van der Waals surface area contributed by atoms with Crippen LogP contribution in [0, 0.1) is 34.5 Å². The van der Waals surface area contributed by atoms with Crippen LogP contribution in [0.3, 0.4) is 0 Å². The van der Waals surface area contributed by atoms with Gasteiger partial charge in [0, 0.05) is 19.4 Å². The van der Waals surface area contributed by atoms with Crippen molar-refractivity contribution in [2.24, 2.45) is 34.5 Å². The first kappa shape index (κ1) is 21.1. The molecular formula is C25H38O4. The molecule has 0 aromatic carbocycles. The molecular weight excluding hydrogens is 364 g/mol. The summed E-state index contributed by atoms with van der Waals surface area (Å²) in [6, 6.07) is 0. The lowest BCUT2D eigenvalue weighted by Crippen LogP contribution is -2.53. The number of ether oxygens (including phenoxy) is 1. The van der Waals surface area contributed by atoms with E-state index in [2.05, 4.69) is 19.9 Å². The van der Waals surface area contributed by atoms with Crippen molar-refractivity contribution < 1.29 is 19.4 Å². The SMILES string of the molecule is CC12C=CC(=O)CC1CCC1C2CCC2(C)C(OCCCCCC(=O)O)CCC12. The maximum atomic E-state index is 12.0. The van der Waals surface area contributed by atoms with Crippen LogP contribution in [0.5, 0.6) is 0 Å². The standard InChI is InChI=1S/C25H38O4/c1-24-13-11-18(26)16-17(24)7-8-19-20-9-10-22(25(20,2)14-12-21(19)24)29-15-5-3-4-6-23(27)28/h11,13,17,19-22H,3-10,12,14-16H2,1-2H3,(H,27,28). The molecule has 0 bridgehead atoms. The molecule has 7 unspecified atom stereocenters. The third kappa shape index (κ3) is 3.82. The van der Waals surface area contributed by atoms with Crippen LogP contribution in [0.1, 0.15) is 84.5 Å². The first-order valence-electron chi connectivity index (χ1n) is 11.9. The summed E-state index contributed by atoms with van der Waals surface area (Å²) < 4.78 is 6.40. The zero-order valence-electron chi connectivity index (χ0n) is 18.2. The van der Waals surface area contributed by atoms with E-state index in [0.717, 1.165) is 50.0 Å². The predicted octanol–water partition coefficient (Wildman–Crippen LogP) is 5.40. The van der Waals surface area contributed by atoms with Gasteiger partial charge in [-0.05, 0) is 91.9 Å². The third-order valence-corrected chi connectivity index (χ3v) is 9.31.